The van der Waals surface area contributed by atoms with Crippen LogP contribution in [-0.4, -0.2) is 15.7 Å². The number of benzene rings is 1. The van der Waals surface area contributed by atoms with Gasteiger partial charge in [-0.25, -0.2) is 0 Å². The topological polar surface area (TPSA) is 46.9 Å². The lowest BCUT2D eigenvalue weighted by molar-refractivity contribution is -0.121. The van der Waals surface area contributed by atoms with E-state index >= 15 is 0 Å². The van der Waals surface area contributed by atoms with Crippen LogP contribution in [0.1, 0.15) is 47.5 Å². The third kappa shape index (κ3) is 3.75. The van der Waals surface area contributed by atoms with Crippen molar-refractivity contribution in [3.63, 3.8) is 0 Å². The summed E-state index contributed by atoms with van der Waals surface area (Å²) in [6.45, 7) is 8.12. The third-order valence-corrected chi connectivity index (χ3v) is 4.22. The van der Waals surface area contributed by atoms with E-state index in [1.807, 2.05) is 32.5 Å². The molecule has 1 atom stereocenters. The van der Waals surface area contributed by atoms with E-state index in [1.54, 1.807) is 0 Å². The normalized spacial score (nSPS) is 12.2. The molecule has 0 spiro atoms. The minimum Gasteiger partial charge on any atom is -0.350 e. The molecular formula is C18H25N3O. The largest absolute Gasteiger partial charge is 0.350 e. The third-order valence-electron chi connectivity index (χ3n) is 4.22. The first-order valence-corrected chi connectivity index (χ1v) is 7.73. The lowest BCUT2D eigenvalue weighted by atomic mass is 10.1. The molecule has 0 aliphatic carbocycles. The Bertz CT molecular complexity index is 656. The number of nitrogens with zero attached hydrogens (tertiary/aromatic N) is 2. The summed E-state index contributed by atoms with van der Waals surface area (Å²) in [5.74, 6) is 0.0794. The van der Waals surface area contributed by atoms with Crippen molar-refractivity contribution in [2.45, 2.75) is 46.6 Å². The Morgan fingerprint density at radius 2 is 1.86 bits per heavy atom. The molecule has 2 aromatic rings. The number of aryl methyl sites for hydroxylation is 3. The van der Waals surface area contributed by atoms with E-state index in [1.165, 1.54) is 11.1 Å². The maximum atomic E-state index is 12.2. The fourth-order valence-corrected chi connectivity index (χ4v) is 2.67. The molecule has 0 bridgehead atoms. The zero-order valence-corrected chi connectivity index (χ0v) is 14.1. The Labute approximate surface area is 132 Å². The molecule has 1 unspecified atom stereocenters. The molecule has 1 amide bonds. The number of hydrogen-bond acceptors (Lipinski definition) is 2. The van der Waals surface area contributed by atoms with Gasteiger partial charge in [0.2, 0.25) is 5.91 Å². The van der Waals surface area contributed by atoms with Gasteiger partial charge >= 0.3 is 0 Å². The Hall–Kier alpha value is -2.10. The minimum atomic E-state index is 0.0317. The van der Waals surface area contributed by atoms with Gasteiger partial charge in [-0.15, -0.1) is 0 Å². The van der Waals surface area contributed by atoms with Crippen LogP contribution in [0.3, 0.4) is 0 Å². The Balaban J connectivity index is 1.91. The van der Waals surface area contributed by atoms with Gasteiger partial charge in [0, 0.05) is 19.2 Å². The van der Waals surface area contributed by atoms with Gasteiger partial charge in [0.1, 0.15) is 0 Å². The van der Waals surface area contributed by atoms with Gasteiger partial charge in [0.15, 0.2) is 0 Å². The lowest BCUT2D eigenvalue weighted by Gasteiger charge is -2.14. The summed E-state index contributed by atoms with van der Waals surface area (Å²) in [6.07, 6.45) is 1.22. The fourth-order valence-electron chi connectivity index (χ4n) is 2.67. The van der Waals surface area contributed by atoms with Gasteiger partial charge in [0.25, 0.3) is 0 Å². The molecule has 4 nitrogen and oxygen atoms in total. The number of rotatable bonds is 5. The average Bonchev–Trinajstić information content (AvgIpc) is 2.70. The number of amides is 1. The second-order valence-corrected chi connectivity index (χ2v) is 5.97. The van der Waals surface area contributed by atoms with Crippen molar-refractivity contribution in [1.82, 2.24) is 15.1 Å². The molecule has 118 valence electrons. The maximum absolute atomic E-state index is 12.2. The SMILES string of the molecule is Cc1ccc(C(C)NC(=O)CCc2c(C)nn(C)c2C)cc1. The monoisotopic (exact) mass is 299 g/mol. The van der Waals surface area contributed by atoms with Crippen LogP contribution in [0, 0.1) is 20.8 Å². The number of hydrogen-bond donors (Lipinski definition) is 1. The van der Waals surface area contributed by atoms with Gasteiger partial charge in [-0.2, -0.15) is 5.10 Å². The summed E-state index contributed by atoms with van der Waals surface area (Å²) in [4.78, 5) is 12.2. The maximum Gasteiger partial charge on any atom is 0.220 e. The molecule has 0 saturated heterocycles. The number of carbonyl (C=O) groups excluding carboxylic acids is 1. The Morgan fingerprint density at radius 3 is 2.41 bits per heavy atom. The zero-order valence-electron chi connectivity index (χ0n) is 14.1. The van der Waals surface area contributed by atoms with Crippen LogP contribution in [0.5, 0.6) is 0 Å². The van der Waals surface area contributed by atoms with Crippen molar-refractivity contribution in [2.24, 2.45) is 7.05 Å². The van der Waals surface area contributed by atoms with E-state index in [0.717, 1.165) is 23.4 Å². The minimum absolute atomic E-state index is 0.0317. The van der Waals surface area contributed by atoms with Crippen molar-refractivity contribution in [1.29, 1.82) is 0 Å². The first-order chi connectivity index (χ1) is 10.4. The molecule has 1 aromatic carbocycles. The summed E-state index contributed by atoms with van der Waals surface area (Å²) >= 11 is 0. The van der Waals surface area contributed by atoms with Gasteiger partial charge < -0.3 is 5.32 Å². The Kier molecular flexibility index (Phi) is 5.01. The van der Waals surface area contributed by atoms with E-state index in [-0.39, 0.29) is 11.9 Å². The number of aromatic nitrogens is 2. The molecule has 0 aliphatic heterocycles. The van der Waals surface area contributed by atoms with Crippen LogP contribution in [-0.2, 0) is 18.3 Å². The highest BCUT2D eigenvalue weighted by Gasteiger charge is 2.13. The van der Waals surface area contributed by atoms with Crippen LogP contribution < -0.4 is 5.32 Å². The molecule has 22 heavy (non-hydrogen) atoms. The molecule has 1 heterocycles. The average molecular weight is 299 g/mol. The van der Waals surface area contributed by atoms with Crippen LogP contribution in [0.25, 0.3) is 0 Å². The van der Waals surface area contributed by atoms with E-state index in [0.29, 0.717) is 6.42 Å². The summed E-state index contributed by atoms with van der Waals surface area (Å²) < 4.78 is 1.87. The first kappa shape index (κ1) is 16.3. The first-order valence-electron chi connectivity index (χ1n) is 7.73. The van der Waals surface area contributed by atoms with Crippen LogP contribution in [0.4, 0.5) is 0 Å². The summed E-state index contributed by atoms with van der Waals surface area (Å²) in [5, 5.41) is 7.46. The summed E-state index contributed by atoms with van der Waals surface area (Å²) in [7, 11) is 1.94. The van der Waals surface area contributed by atoms with Crippen molar-refractivity contribution in [3.05, 3.63) is 52.3 Å². The zero-order chi connectivity index (χ0) is 16.3. The van der Waals surface area contributed by atoms with E-state index in [2.05, 4.69) is 41.6 Å². The summed E-state index contributed by atoms with van der Waals surface area (Å²) in [6, 6.07) is 8.30. The van der Waals surface area contributed by atoms with E-state index in [9.17, 15) is 4.79 Å². The number of carbonyl (C=O) groups is 1. The van der Waals surface area contributed by atoms with Crippen molar-refractivity contribution in [2.75, 3.05) is 0 Å². The highest BCUT2D eigenvalue weighted by molar-refractivity contribution is 5.76. The number of nitrogens with one attached hydrogen (secondary N) is 1. The van der Waals surface area contributed by atoms with E-state index < -0.39 is 0 Å². The smallest absolute Gasteiger partial charge is 0.220 e. The van der Waals surface area contributed by atoms with Crippen LogP contribution in [0.2, 0.25) is 0 Å². The molecule has 0 fully saturated rings. The molecule has 0 radical (unpaired) electrons. The quantitative estimate of drug-likeness (QED) is 0.922. The van der Waals surface area contributed by atoms with Gasteiger partial charge in [-0.1, -0.05) is 29.8 Å². The predicted molar refractivity (Wildman–Crippen MR) is 88.7 cm³/mol. The van der Waals surface area contributed by atoms with Crippen LogP contribution >= 0.6 is 0 Å². The standard InChI is InChI=1S/C18H25N3O/c1-12-6-8-16(9-7-12)13(2)19-18(22)11-10-17-14(3)20-21(5)15(17)4/h6-9,13H,10-11H2,1-5H3,(H,19,22). The van der Waals surface area contributed by atoms with Gasteiger partial charge in [0.05, 0.1) is 11.7 Å². The van der Waals surface area contributed by atoms with Gasteiger partial charge in [-0.05, 0) is 45.2 Å². The lowest BCUT2D eigenvalue weighted by Crippen LogP contribution is -2.26. The van der Waals surface area contributed by atoms with E-state index in [4.69, 9.17) is 0 Å². The Morgan fingerprint density at radius 1 is 1.23 bits per heavy atom. The summed E-state index contributed by atoms with van der Waals surface area (Å²) in [5.41, 5.74) is 5.69. The van der Waals surface area contributed by atoms with Crippen molar-refractivity contribution < 1.29 is 4.79 Å². The fraction of sp³-hybridized carbons (Fsp3) is 0.444. The second-order valence-electron chi connectivity index (χ2n) is 5.97. The molecule has 0 saturated carbocycles. The van der Waals surface area contributed by atoms with Gasteiger partial charge in [-0.3, -0.25) is 9.48 Å². The molecule has 1 aromatic heterocycles. The molecule has 1 N–H and O–H groups in total. The molecule has 4 heteroatoms. The highest BCUT2D eigenvalue weighted by Crippen LogP contribution is 2.16. The van der Waals surface area contributed by atoms with Crippen LogP contribution in [0.15, 0.2) is 24.3 Å². The second kappa shape index (κ2) is 6.77. The predicted octanol–water partition coefficient (Wildman–Crippen LogP) is 3.16. The molecular weight excluding hydrogens is 274 g/mol. The molecule has 2 rings (SSSR count). The van der Waals surface area contributed by atoms with Crippen molar-refractivity contribution in [3.8, 4) is 0 Å². The highest BCUT2D eigenvalue weighted by atomic mass is 16.1. The van der Waals surface area contributed by atoms with Crippen molar-refractivity contribution >= 4 is 5.91 Å². The molecule has 0 aliphatic rings.